The largest absolute Gasteiger partial charge is 0.396 e. The van der Waals surface area contributed by atoms with Gasteiger partial charge in [0.05, 0.1) is 13.2 Å². The third-order valence-electron chi connectivity index (χ3n) is 4.66. The van der Waals surface area contributed by atoms with Crippen molar-refractivity contribution in [2.75, 3.05) is 40.0 Å². The summed E-state index contributed by atoms with van der Waals surface area (Å²) in [6.45, 7) is 4.84. The van der Waals surface area contributed by atoms with Gasteiger partial charge in [0, 0.05) is 37.6 Å². The topological polar surface area (TPSA) is 32.7 Å². The molecule has 2 aliphatic carbocycles. The molecule has 2 saturated carbocycles. The zero-order valence-electron chi connectivity index (χ0n) is 9.54. The summed E-state index contributed by atoms with van der Waals surface area (Å²) in [5.41, 5.74) is 0.783. The van der Waals surface area contributed by atoms with Crippen molar-refractivity contribution in [3.05, 3.63) is 0 Å². The molecule has 3 fully saturated rings. The van der Waals surface area contributed by atoms with E-state index in [2.05, 4.69) is 4.90 Å². The fraction of sp³-hybridized carbons (Fsp3) is 1.00. The molecule has 0 spiro atoms. The van der Waals surface area contributed by atoms with Crippen LogP contribution in [0, 0.1) is 16.7 Å². The van der Waals surface area contributed by atoms with E-state index in [0.717, 1.165) is 19.1 Å². The predicted octanol–water partition coefficient (Wildman–Crippen LogP) is 0.727. The number of piperidine rings is 1. The smallest absolute Gasteiger partial charge is 0.0530 e. The Bertz CT molecular complexity index is 260. The SMILES string of the molecule is COCC1(CN2CC3CC3(CO)C2)CC1. The van der Waals surface area contributed by atoms with Gasteiger partial charge in [-0.15, -0.1) is 0 Å². The molecule has 3 aliphatic rings. The molecule has 1 heterocycles. The summed E-state index contributed by atoms with van der Waals surface area (Å²) in [7, 11) is 1.80. The number of aliphatic hydroxyl groups excluding tert-OH is 1. The third-order valence-corrected chi connectivity index (χ3v) is 4.66. The highest BCUT2D eigenvalue weighted by molar-refractivity contribution is 5.11. The molecule has 0 bridgehead atoms. The second-order valence-electron chi connectivity index (χ2n) is 6.02. The van der Waals surface area contributed by atoms with Gasteiger partial charge in [-0.25, -0.2) is 0 Å². The van der Waals surface area contributed by atoms with Gasteiger partial charge < -0.3 is 14.7 Å². The van der Waals surface area contributed by atoms with Crippen molar-refractivity contribution in [1.82, 2.24) is 4.90 Å². The maximum atomic E-state index is 9.35. The van der Waals surface area contributed by atoms with E-state index in [1.165, 1.54) is 32.4 Å². The molecule has 3 rings (SSSR count). The van der Waals surface area contributed by atoms with Gasteiger partial charge in [0.25, 0.3) is 0 Å². The van der Waals surface area contributed by atoms with E-state index in [-0.39, 0.29) is 0 Å². The normalized spacial score (nSPS) is 41.6. The monoisotopic (exact) mass is 211 g/mol. The van der Waals surface area contributed by atoms with Crippen LogP contribution in [-0.2, 0) is 4.74 Å². The first-order valence-electron chi connectivity index (χ1n) is 6.04. The highest BCUT2D eigenvalue weighted by Crippen LogP contribution is 2.58. The van der Waals surface area contributed by atoms with Crippen LogP contribution in [0.3, 0.4) is 0 Å². The maximum absolute atomic E-state index is 9.35. The van der Waals surface area contributed by atoms with E-state index in [1.807, 2.05) is 0 Å². The zero-order valence-corrected chi connectivity index (χ0v) is 9.54. The number of likely N-dealkylation sites (tertiary alicyclic amines) is 1. The summed E-state index contributed by atoms with van der Waals surface area (Å²) in [6, 6.07) is 0. The molecule has 2 atom stereocenters. The molecule has 0 radical (unpaired) electrons. The number of aliphatic hydroxyl groups is 1. The van der Waals surface area contributed by atoms with Crippen molar-refractivity contribution >= 4 is 0 Å². The van der Waals surface area contributed by atoms with Crippen molar-refractivity contribution in [3.63, 3.8) is 0 Å². The van der Waals surface area contributed by atoms with Crippen molar-refractivity contribution in [2.24, 2.45) is 16.7 Å². The van der Waals surface area contributed by atoms with Gasteiger partial charge in [-0.05, 0) is 25.2 Å². The van der Waals surface area contributed by atoms with Crippen molar-refractivity contribution in [1.29, 1.82) is 0 Å². The van der Waals surface area contributed by atoms with Crippen LogP contribution in [0.15, 0.2) is 0 Å². The lowest BCUT2D eigenvalue weighted by molar-refractivity contribution is 0.105. The lowest BCUT2D eigenvalue weighted by Gasteiger charge is -2.25. The van der Waals surface area contributed by atoms with E-state index >= 15 is 0 Å². The number of ether oxygens (including phenoxy) is 1. The molecule has 1 N–H and O–H groups in total. The fourth-order valence-electron chi connectivity index (χ4n) is 3.37. The molecule has 15 heavy (non-hydrogen) atoms. The summed E-state index contributed by atoms with van der Waals surface area (Å²) < 4.78 is 5.29. The van der Waals surface area contributed by atoms with Crippen LogP contribution >= 0.6 is 0 Å². The Morgan fingerprint density at radius 1 is 1.47 bits per heavy atom. The molecule has 2 unspecified atom stereocenters. The maximum Gasteiger partial charge on any atom is 0.0530 e. The molecule has 86 valence electrons. The van der Waals surface area contributed by atoms with Gasteiger partial charge in [0.1, 0.15) is 0 Å². The Morgan fingerprint density at radius 2 is 2.27 bits per heavy atom. The number of rotatable bonds is 5. The van der Waals surface area contributed by atoms with Crippen molar-refractivity contribution in [2.45, 2.75) is 19.3 Å². The van der Waals surface area contributed by atoms with Crippen LogP contribution in [0.2, 0.25) is 0 Å². The average Bonchev–Trinajstić information content (AvgIpc) is 3.08. The van der Waals surface area contributed by atoms with E-state index in [4.69, 9.17) is 4.74 Å². The van der Waals surface area contributed by atoms with E-state index in [9.17, 15) is 5.11 Å². The minimum Gasteiger partial charge on any atom is -0.396 e. The van der Waals surface area contributed by atoms with E-state index in [0.29, 0.717) is 17.4 Å². The minimum absolute atomic E-state index is 0.309. The van der Waals surface area contributed by atoms with Gasteiger partial charge >= 0.3 is 0 Å². The molecule has 1 saturated heterocycles. The summed E-state index contributed by atoms with van der Waals surface area (Å²) in [6.07, 6.45) is 3.92. The van der Waals surface area contributed by atoms with E-state index < -0.39 is 0 Å². The molecule has 0 aromatic heterocycles. The lowest BCUT2D eigenvalue weighted by Crippen LogP contribution is -2.33. The second-order valence-corrected chi connectivity index (χ2v) is 6.02. The van der Waals surface area contributed by atoms with Gasteiger partial charge in [0.15, 0.2) is 0 Å². The molecule has 3 nitrogen and oxygen atoms in total. The van der Waals surface area contributed by atoms with Gasteiger partial charge in [-0.2, -0.15) is 0 Å². The fourth-order valence-corrected chi connectivity index (χ4v) is 3.37. The summed E-state index contributed by atoms with van der Waals surface area (Å²) >= 11 is 0. The molecule has 0 aromatic carbocycles. The number of nitrogens with zero attached hydrogens (tertiary/aromatic N) is 1. The molecule has 1 aliphatic heterocycles. The first-order chi connectivity index (χ1) is 7.22. The number of hydrogen-bond donors (Lipinski definition) is 1. The van der Waals surface area contributed by atoms with Crippen LogP contribution in [0.4, 0.5) is 0 Å². The average molecular weight is 211 g/mol. The predicted molar refractivity (Wildman–Crippen MR) is 57.6 cm³/mol. The molecule has 0 aromatic rings. The zero-order chi connectivity index (χ0) is 10.5. The summed E-state index contributed by atoms with van der Waals surface area (Å²) in [5, 5.41) is 9.35. The Kier molecular flexibility index (Phi) is 2.14. The van der Waals surface area contributed by atoms with Gasteiger partial charge in [0.2, 0.25) is 0 Å². The highest BCUT2D eigenvalue weighted by atomic mass is 16.5. The number of fused-ring (bicyclic) bond motifs is 1. The quantitative estimate of drug-likeness (QED) is 0.727. The minimum atomic E-state index is 0.309. The Morgan fingerprint density at radius 3 is 2.80 bits per heavy atom. The van der Waals surface area contributed by atoms with Gasteiger partial charge in [-0.1, -0.05) is 0 Å². The lowest BCUT2D eigenvalue weighted by atomic mass is 10.1. The van der Waals surface area contributed by atoms with Crippen LogP contribution < -0.4 is 0 Å². The Labute approximate surface area is 91.4 Å². The van der Waals surface area contributed by atoms with Crippen LogP contribution in [-0.4, -0.2) is 50.0 Å². The standard InChI is InChI=1S/C12H21NO2/c1-15-9-11(2-3-11)6-13-5-10-4-12(10,7-13)8-14/h10,14H,2-9H2,1H3. The molecule has 0 amide bonds. The summed E-state index contributed by atoms with van der Waals surface area (Å²) in [4.78, 5) is 2.55. The second kappa shape index (κ2) is 3.19. The Hall–Kier alpha value is -0.120. The summed E-state index contributed by atoms with van der Waals surface area (Å²) in [5.74, 6) is 0.792. The highest BCUT2D eigenvalue weighted by Gasteiger charge is 2.60. The number of methoxy groups -OCH3 is 1. The van der Waals surface area contributed by atoms with Crippen molar-refractivity contribution in [3.8, 4) is 0 Å². The van der Waals surface area contributed by atoms with Crippen molar-refractivity contribution < 1.29 is 9.84 Å². The molecular formula is C12H21NO2. The van der Waals surface area contributed by atoms with Gasteiger partial charge in [-0.3, -0.25) is 0 Å². The first-order valence-corrected chi connectivity index (χ1v) is 6.04. The molecule has 3 heteroatoms. The Balaban J connectivity index is 1.54. The third kappa shape index (κ3) is 1.61. The van der Waals surface area contributed by atoms with Crippen LogP contribution in [0.1, 0.15) is 19.3 Å². The van der Waals surface area contributed by atoms with Crippen LogP contribution in [0.25, 0.3) is 0 Å². The van der Waals surface area contributed by atoms with E-state index in [1.54, 1.807) is 7.11 Å². The van der Waals surface area contributed by atoms with Crippen LogP contribution in [0.5, 0.6) is 0 Å². The number of hydrogen-bond acceptors (Lipinski definition) is 3. The molecular weight excluding hydrogens is 190 g/mol. The first kappa shape index (κ1) is 10.1.